The lowest BCUT2D eigenvalue weighted by Gasteiger charge is -2.28. The van der Waals surface area contributed by atoms with Crippen molar-refractivity contribution in [3.8, 4) is 5.75 Å². The molecule has 2 N–H and O–H groups in total. The number of rotatable bonds is 8. The fraction of sp³-hybridized carbons (Fsp3) is 0.355. The summed E-state index contributed by atoms with van der Waals surface area (Å²) in [7, 11) is 0. The lowest BCUT2D eigenvalue weighted by molar-refractivity contribution is -0.274. The van der Waals surface area contributed by atoms with Gasteiger partial charge in [-0.3, -0.25) is 28.5 Å². The second-order valence-corrected chi connectivity index (χ2v) is 13.3. The number of likely N-dealkylation sites (tertiary alicyclic amines) is 1. The predicted molar refractivity (Wildman–Crippen MR) is 167 cm³/mol. The van der Waals surface area contributed by atoms with Gasteiger partial charge in [0.05, 0.1) is 11.9 Å². The van der Waals surface area contributed by atoms with Gasteiger partial charge in [-0.25, -0.2) is 14.7 Å². The molecule has 0 spiro atoms. The van der Waals surface area contributed by atoms with E-state index in [2.05, 4.69) is 29.7 Å². The van der Waals surface area contributed by atoms with Crippen LogP contribution in [-0.4, -0.2) is 67.3 Å². The molecular weight excluding hydrogens is 694 g/mol. The molecule has 2 atom stereocenters. The van der Waals surface area contributed by atoms with E-state index in [1.807, 2.05) is 0 Å². The van der Waals surface area contributed by atoms with Crippen LogP contribution < -0.4 is 20.7 Å². The van der Waals surface area contributed by atoms with Crippen LogP contribution in [-0.2, 0) is 21.5 Å². The Morgan fingerprint density at radius 3 is 2.43 bits per heavy atom. The van der Waals surface area contributed by atoms with Gasteiger partial charge in [0.1, 0.15) is 22.5 Å². The van der Waals surface area contributed by atoms with Gasteiger partial charge < -0.3 is 15.0 Å². The second-order valence-electron chi connectivity index (χ2n) is 12.4. The Hall–Kier alpha value is -4.83. The molecule has 4 heterocycles. The van der Waals surface area contributed by atoms with Gasteiger partial charge in [-0.1, -0.05) is 40.5 Å². The fourth-order valence-corrected chi connectivity index (χ4v) is 7.04. The van der Waals surface area contributed by atoms with Gasteiger partial charge in [0.15, 0.2) is 5.82 Å². The summed E-state index contributed by atoms with van der Waals surface area (Å²) in [5.41, 5.74) is -1.96. The SMILES string of the molecule is C[C@@]1(Cc2ccc(OC(F)(F)F)cc2)C(=O)N(c2cc(Cl)cc(Cl)c2)c2ncc(C(=O)NC3(C(=O)N4CC[C@H](c5noc(=O)[nH]5)C4)CC3)n21. The van der Waals surface area contributed by atoms with Crippen molar-refractivity contribution in [3.63, 3.8) is 0 Å². The van der Waals surface area contributed by atoms with Gasteiger partial charge in [0.2, 0.25) is 11.9 Å². The number of H-pyrrole nitrogens is 1. The molecule has 1 aliphatic carbocycles. The quantitative estimate of drug-likeness (QED) is 0.266. The van der Waals surface area contributed by atoms with Crippen LogP contribution in [0.15, 0.2) is 58.0 Å². The highest BCUT2D eigenvalue weighted by molar-refractivity contribution is 6.35. The van der Waals surface area contributed by atoms with E-state index in [1.54, 1.807) is 11.8 Å². The predicted octanol–water partition coefficient (Wildman–Crippen LogP) is 4.68. The standard InChI is InChI=1S/C31H26Cl2F3N7O6/c1-29(13-16-2-4-21(5-3-16)48-31(34,35)36)25(45)42(20-11-18(32)10-19(33)12-20)27-37-14-22(43(27)29)24(44)39-30(7-8-30)26(46)41-9-6-17(15-41)23-38-28(47)49-40-23/h2-5,10-12,14,17H,6-9,13,15H2,1H3,(H,39,44)(H,38,40,47)/t17-,29+/m0/s1. The first-order valence-electron chi connectivity index (χ1n) is 15.1. The van der Waals surface area contributed by atoms with Gasteiger partial charge in [0.25, 0.3) is 11.8 Å². The molecule has 3 amide bonds. The van der Waals surface area contributed by atoms with Gasteiger partial charge in [-0.05, 0) is 62.1 Å². The maximum atomic E-state index is 14.3. The Morgan fingerprint density at radius 1 is 1.12 bits per heavy atom. The number of hydrogen-bond donors (Lipinski definition) is 2. The number of nitrogens with zero attached hydrogens (tertiary/aromatic N) is 5. The van der Waals surface area contributed by atoms with E-state index in [-0.39, 0.29) is 52.2 Å². The Balaban J connectivity index is 1.19. The Kier molecular flexibility index (Phi) is 7.78. The van der Waals surface area contributed by atoms with Crippen molar-refractivity contribution in [1.82, 2.24) is 29.9 Å². The molecule has 2 aromatic carbocycles. The van der Waals surface area contributed by atoms with Crippen molar-refractivity contribution in [3.05, 3.63) is 86.3 Å². The van der Waals surface area contributed by atoms with E-state index in [0.29, 0.717) is 37.2 Å². The van der Waals surface area contributed by atoms with Crippen LogP contribution in [0, 0.1) is 0 Å². The molecule has 1 saturated heterocycles. The maximum Gasteiger partial charge on any atom is 0.573 e. The zero-order valence-electron chi connectivity index (χ0n) is 25.5. The van der Waals surface area contributed by atoms with E-state index in [1.165, 1.54) is 46.0 Å². The number of aromatic nitrogens is 4. The molecule has 2 aliphatic heterocycles. The lowest BCUT2D eigenvalue weighted by atomic mass is 9.91. The largest absolute Gasteiger partial charge is 0.573 e. The first-order valence-corrected chi connectivity index (χ1v) is 15.8. The average molecular weight is 720 g/mol. The highest BCUT2D eigenvalue weighted by atomic mass is 35.5. The Morgan fingerprint density at radius 2 is 1.82 bits per heavy atom. The Bertz CT molecular complexity index is 2020. The third-order valence-electron chi connectivity index (χ3n) is 8.98. The molecule has 2 fully saturated rings. The van der Waals surface area contributed by atoms with Crippen molar-refractivity contribution >= 4 is 52.6 Å². The molecule has 7 rings (SSSR count). The molecule has 0 unspecified atom stereocenters. The number of ether oxygens (including phenoxy) is 1. The molecule has 13 nitrogen and oxygen atoms in total. The number of aromatic amines is 1. The number of imidazole rings is 1. The monoisotopic (exact) mass is 719 g/mol. The molecule has 4 aromatic rings. The molecule has 0 bridgehead atoms. The van der Waals surface area contributed by atoms with Crippen molar-refractivity contribution in [2.75, 3.05) is 18.0 Å². The summed E-state index contributed by atoms with van der Waals surface area (Å²) in [6, 6.07) is 9.56. The van der Waals surface area contributed by atoms with Crippen LogP contribution in [0.4, 0.5) is 24.8 Å². The van der Waals surface area contributed by atoms with Crippen LogP contribution in [0.25, 0.3) is 0 Å². The van der Waals surface area contributed by atoms with Crippen molar-refractivity contribution in [1.29, 1.82) is 0 Å². The lowest BCUT2D eigenvalue weighted by Crippen LogP contribution is -2.51. The number of alkyl halides is 3. The summed E-state index contributed by atoms with van der Waals surface area (Å²) < 4.78 is 48.3. The van der Waals surface area contributed by atoms with Crippen LogP contribution in [0.2, 0.25) is 10.0 Å². The highest BCUT2D eigenvalue weighted by Crippen LogP contribution is 2.45. The topological polar surface area (TPSA) is 156 Å². The molecule has 0 radical (unpaired) electrons. The normalized spacial score (nSPS) is 21.2. The summed E-state index contributed by atoms with van der Waals surface area (Å²) in [5, 5.41) is 7.10. The smallest absolute Gasteiger partial charge is 0.406 e. The minimum absolute atomic E-state index is 0.0166. The summed E-state index contributed by atoms with van der Waals surface area (Å²) in [5.74, 6) is -2.37. The van der Waals surface area contributed by atoms with Gasteiger partial charge in [0, 0.05) is 35.5 Å². The number of carbonyl (C=O) groups excluding carboxylic acids is 3. The summed E-state index contributed by atoms with van der Waals surface area (Å²) in [4.78, 5) is 63.2. The van der Waals surface area contributed by atoms with E-state index < -0.39 is 40.8 Å². The van der Waals surface area contributed by atoms with Crippen LogP contribution >= 0.6 is 23.2 Å². The number of anilines is 2. The minimum atomic E-state index is -4.88. The zero-order chi connectivity index (χ0) is 34.9. The average Bonchev–Trinajstić information content (AvgIpc) is 3.39. The number of hydrogen-bond acceptors (Lipinski definition) is 8. The van der Waals surface area contributed by atoms with E-state index in [4.69, 9.17) is 23.2 Å². The molecule has 1 saturated carbocycles. The summed E-state index contributed by atoms with van der Waals surface area (Å²) in [6.07, 6.45) is -2.33. The summed E-state index contributed by atoms with van der Waals surface area (Å²) in [6.45, 7) is 2.24. The number of halogens is 5. The third kappa shape index (κ3) is 6.03. The molecular formula is C31H26Cl2F3N7O6. The van der Waals surface area contributed by atoms with Crippen LogP contribution in [0.3, 0.4) is 0 Å². The second kappa shape index (κ2) is 11.7. The number of nitrogens with one attached hydrogen (secondary N) is 2. The summed E-state index contributed by atoms with van der Waals surface area (Å²) >= 11 is 12.5. The molecule has 256 valence electrons. The first-order chi connectivity index (χ1) is 23.2. The number of benzene rings is 2. The minimum Gasteiger partial charge on any atom is -0.406 e. The van der Waals surface area contributed by atoms with E-state index in [9.17, 15) is 32.3 Å². The first kappa shape index (κ1) is 32.7. The van der Waals surface area contributed by atoms with E-state index in [0.717, 1.165) is 12.1 Å². The van der Waals surface area contributed by atoms with Gasteiger partial charge in [-0.2, -0.15) is 0 Å². The maximum absolute atomic E-state index is 14.3. The molecule has 18 heteroatoms. The fourth-order valence-electron chi connectivity index (χ4n) is 6.52. The van der Waals surface area contributed by atoms with Crippen molar-refractivity contribution in [2.24, 2.45) is 0 Å². The van der Waals surface area contributed by atoms with Gasteiger partial charge >= 0.3 is 12.1 Å². The van der Waals surface area contributed by atoms with Crippen molar-refractivity contribution in [2.45, 2.75) is 56.0 Å². The number of carbonyl (C=O) groups is 3. The molecule has 49 heavy (non-hydrogen) atoms. The van der Waals surface area contributed by atoms with Crippen molar-refractivity contribution < 1.29 is 36.8 Å². The van der Waals surface area contributed by atoms with Crippen LogP contribution in [0.5, 0.6) is 5.75 Å². The molecule has 2 aromatic heterocycles. The zero-order valence-corrected chi connectivity index (χ0v) is 27.0. The third-order valence-corrected chi connectivity index (χ3v) is 9.41. The molecule has 3 aliphatic rings. The Labute approximate surface area is 284 Å². The van der Waals surface area contributed by atoms with Crippen LogP contribution in [0.1, 0.15) is 54.0 Å². The van der Waals surface area contributed by atoms with E-state index >= 15 is 0 Å². The number of fused-ring (bicyclic) bond motifs is 1. The highest BCUT2D eigenvalue weighted by Gasteiger charge is 2.56. The van der Waals surface area contributed by atoms with Gasteiger partial charge in [-0.15, -0.1) is 13.2 Å². The number of amides is 3.